The molecule has 3 N–H and O–H groups in total. The minimum absolute atomic E-state index is 0.485. The van der Waals surface area contributed by atoms with Crippen LogP contribution >= 0.6 is 44.1 Å². The van der Waals surface area contributed by atoms with Gasteiger partial charge in [0.1, 0.15) is 0 Å². The highest BCUT2D eigenvalue weighted by Gasteiger charge is 2.07. The van der Waals surface area contributed by atoms with Gasteiger partial charge in [-0.15, -0.1) is 0 Å². The molecular formula is C14H13Br2N3S. The molecule has 3 nitrogen and oxygen atoms in total. The number of benzene rings is 2. The molecule has 2 aromatic rings. The molecule has 104 valence electrons. The normalized spacial score (nSPS) is 9.95. The van der Waals surface area contributed by atoms with Crippen LogP contribution in [0.25, 0.3) is 0 Å². The smallest absolute Gasteiger partial charge is 0.189 e. The summed E-state index contributed by atoms with van der Waals surface area (Å²) in [6.45, 7) is 2.03. The van der Waals surface area contributed by atoms with Crippen LogP contribution in [0.1, 0.15) is 5.56 Å². The first-order valence-corrected chi connectivity index (χ1v) is 7.89. The van der Waals surface area contributed by atoms with Gasteiger partial charge < -0.3 is 5.32 Å². The van der Waals surface area contributed by atoms with Crippen molar-refractivity contribution in [1.29, 1.82) is 0 Å². The van der Waals surface area contributed by atoms with E-state index in [9.17, 15) is 0 Å². The monoisotopic (exact) mass is 413 g/mol. The third-order valence-electron chi connectivity index (χ3n) is 2.52. The Bertz CT molecular complexity index is 594. The van der Waals surface area contributed by atoms with Crippen molar-refractivity contribution in [3.05, 3.63) is 57.0 Å². The van der Waals surface area contributed by atoms with E-state index in [0.29, 0.717) is 5.11 Å². The largest absolute Gasteiger partial charge is 0.329 e. The summed E-state index contributed by atoms with van der Waals surface area (Å²) in [5.41, 5.74) is 8.97. The molecule has 6 heteroatoms. The lowest BCUT2D eigenvalue weighted by molar-refractivity contribution is 1.14. The summed E-state index contributed by atoms with van der Waals surface area (Å²) in [7, 11) is 0. The molecule has 2 aromatic carbocycles. The van der Waals surface area contributed by atoms with Crippen molar-refractivity contribution in [2.24, 2.45) is 0 Å². The van der Waals surface area contributed by atoms with Gasteiger partial charge in [-0.25, -0.2) is 0 Å². The molecule has 0 aliphatic heterocycles. The Balaban J connectivity index is 1.98. The second kappa shape index (κ2) is 7.06. The number of thiocarbonyl (C=S) groups is 1. The van der Waals surface area contributed by atoms with E-state index in [1.54, 1.807) is 0 Å². The van der Waals surface area contributed by atoms with Gasteiger partial charge in [0.2, 0.25) is 0 Å². The first-order valence-electron chi connectivity index (χ1n) is 5.90. The van der Waals surface area contributed by atoms with E-state index >= 15 is 0 Å². The third kappa shape index (κ3) is 4.19. The van der Waals surface area contributed by atoms with Crippen molar-refractivity contribution in [3.63, 3.8) is 0 Å². The van der Waals surface area contributed by atoms with Gasteiger partial charge in [-0.05, 0) is 80.8 Å². The maximum Gasteiger partial charge on any atom is 0.189 e. The topological polar surface area (TPSA) is 36.1 Å². The van der Waals surface area contributed by atoms with Gasteiger partial charge in [-0.2, -0.15) is 0 Å². The van der Waals surface area contributed by atoms with Gasteiger partial charge in [-0.1, -0.05) is 18.2 Å². The van der Waals surface area contributed by atoms with Gasteiger partial charge in [0.15, 0.2) is 5.11 Å². The Morgan fingerprint density at radius 1 is 1.05 bits per heavy atom. The maximum atomic E-state index is 5.26. The average Bonchev–Trinajstić information content (AvgIpc) is 2.42. The molecule has 20 heavy (non-hydrogen) atoms. The van der Waals surface area contributed by atoms with Crippen LogP contribution in [0.4, 0.5) is 11.4 Å². The van der Waals surface area contributed by atoms with Crippen molar-refractivity contribution < 1.29 is 0 Å². The Kier molecular flexibility index (Phi) is 5.39. The number of hydrazine groups is 1. The fourth-order valence-corrected chi connectivity index (χ4v) is 3.38. The summed E-state index contributed by atoms with van der Waals surface area (Å²) in [6, 6.07) is 13.8. The van der Waals surface area contributed by atoms with E-state index in [4.69, 9.17) is 12.2 Å². The first-order chi connectivity index (χ1) is 9.56. The standard InChI is InChI=1S/C14H13Br2N3S/c1-9-7-11(15)13(12(16)8-9)17-14(20)19-18-10-5-3-2-4-6-10/h2-8,18H,1H3,(H2,17,19,20). The molecule has 0 bridgehead atoms. The lowest BCUT2D eigenvalue weighted by Crippen LogP contribution is -2.33. The second-order valence-electron chi connectivity index (χ2n) is 4.17. The Labute approximate surface area is 140 Å². The van der Waals surface area contributed by atoms with Crippen molar-refractivity contribution in [2.75, 3.05) is 10.7 Å². The molecule has 0 saturated carbocycles. The Morgan fingerprint density at radius 2 is 1.65 bits per heavy atom. The molecule has 0 heterocycles. The molecule has 0 unspecified atom stereocenters. The number of hydrogen-bond donors (Lipinski definition) is 3. The highest BCUT2D eigenvalue weighted by Crippen LogP contribution is 2.32. The minimum atomic E-state index is 0.485. The zero-order valence-electron chi connectivity index (χ0n) is 10.7. The van der Waals surface area contributed by atoms with E-state index in [2.05, 4.69) is 48.0 Å². The zero-order valence-corrected chi connectivity index (χ0v) is 14.7. The van der Waals surface area contributed by atoms with E-state index in [1.807, 2.05) is 49.4 Å². The number of rotatable bonds is 3. The predicted octanol–water partition coefficient (Wildman–Crippen LogP) is 4.83. The Morgan fingerprint density at radius 3 is 2.25 bits per heavy atom. The van der Waals surface area contributed by atoms with E-state index < -0.39 is 0 Å². The van der Waals surface area contributed by atoms with Crippen LogP contribution in [0, 0.1) is 6.92 Å². The molecule has 0 aliphatic carbocycles. The van der Waals surface area contributed by atoms with E-state index in [0.717, 1.165) is 25.9 Å². The lowest BCUT2D eigenvalue weighted by Gasteiger charge is -2.15. The van der Waals surface area contributed by atoms with Crippen LogP contribution in [0.2, 0.25) is 0 Å². The van der Waals surface area contributed by atoms with Gasteiger partial charge in [0.05, 0.1) is 11.4 Å². The number of aryl methyl sites for hydroxylation is 1. The molecule has 0 atom stereocenters. The predicted molar refractivity (Wildman–Crippen MR) is 96.0 cm³/mol. The van der Waals surface area contributed by atoms with Crippen molar-refractivity contribution in [2.45, 2.75) is 6.92 Å². The van der Waals surface area contributed by atoms with Crippen LogP contribution in [0.15, 0.2) is 51.4 Å². The summed E-state index contributed by atoms with van der Waals surface area (Å²) >= 11 is 12.3. The summed E-state index contributed by atoms with van der Waals surface area (Å²) in [6.07, 6.45) is 0. The summed E-state index contributed by atoms with van der Waals surface area (Å²) < 4.78 is 1.90. The van der Waals surface area contributed by atoms with E-state index in [-0.39, 0.29) is 0 Å². The zero-order chi connectivity index (χ0) is 14.5. The van der Waals surface area contributed by atoms with Crippen molar-refractivity contribution >= 4 is 60.6 Å². The van der Waals surface area contributed by atoms with Crippen molar-refractivity contribution in [3.8, 4) is 0 Å². The fraction of sp³-hybridized carbons (Fsp3) is 0.0714. The molecule has 0 amide bonds. The Hall–Kier alpha value is -1.11. The second-order valence-corrected chi connectivity index (χ2v) is 6.29. The van der Waals surface area contributed by atoms with Crippen LogP contribution in [-0.2, 0) is 0 Å². The number of anilines is 2. The van der Waals surface area contributed by atoms with Gasteiger partial charge >= 0.3 is 0 Å². The SMILES string of the molecule is Cc1cc(Br)c(NC(=S)NNc2ccccc2)c(Br)c1. The first kappa shape index (κ1) is 15.3. The van der Waals surface area contributed by atoms with Gasteiger partial charge in [0.25, 0.3) is 0 Å². The molecule has 0 aliphatic rings. The van der Waals surface area contributed by atoms with Crippen molar-refractivity contribution in [1.82, 2.24) is 5.43 Å². The highest BCUT2D eigenvalue weighted by molar-refractivity contribution is 9.11. The molecule has 0 aromatic heterocycles. The van der Waals surface area contributed by atoms with Gasteiger partial charge in [0, 0.05) is 8.95 Å². The highest BCUT2D eigenvalue weighted by atomic mass is 79.9. The third-order valence-corrected chi connectivity index (χ3v) is 3.97. The van der Waals surface area contributed by atoms with Crippen LogP contribution in [0.5, 0.6) is 0 Å². The van der Waals surface area contributed by atoms with Crippen LogP contribution in [0.3, 0.4) is 0 Å². The summed E-state index contributed by atoms with van der Waals surface area (Å²) in [4.78, 5) is 0. The average molecular weight is 415 g/mol. The number of hydrogen-bond acceptors (Lipinski definition) is 2. The minimum Gasteiger partial charge on any atom is -0.329 e. The molecular weight excluding hydrogens is 402 g/mol. The number of nitrogens with one attached hydrogen (secondary N) is 3. The number of para-hydroxylation sites is 1. The van der Waals surface area contributed by atoms with Crippen LogP contribution in [-0.4, -0.2) is 5.11 Å². The molecule has 2 rings (SSSR count). The molecule has 0 radical (unpaired) electrons. The van der Waals surface area contributed by atoms with E-state index in [1.165, 1.54) is 0 Å². The van der Waals surface area contributed by atoms with Crippen LogP contribution < -0.4 is 16.2 Å². The fourth-order valence-electron chi connectivity index (χ4n) is 1.61. The summed E-state index contributed by atoms with van der Waals surface area (Å²) in [5, 5.41) is 3.63. The summed E-state index contributed by atoms with van der Waals surface area (Å²) in [5.74, 6) is 0. The maximum absolute atomic E-state index is 5.26. The molecule has 0 saturated heterocycles. The molecule has 0 fully saturated rings. The lowest BCUT2D eigenvalue weighted by atomic mass is 10.2. The molecule has 0 spiro atoms. The number of halogens is 2. The van der Waals surface area contributed by atoms with Gasteiger partial charge in [-0.3, -0.25) is 10.9 Å². The quantitative estimate of drug-likeness (QED) is 0.496.